The van der Waals surface area contributed by atoms with E-state index in [0.29, 0.717) is 5.02 Å². The van der Waals surface area contributed by atoms with Crippen molar-refractivity contribution in [3.05, 3.63) is 28.2 Å². The Labute approximate surface area is 134 Å². The number of hydrogen-bond acceptors (Lipinski definition) is 4. The SMILES string of the molecule is CC(C)COC(=O)C(C)(C)C(=O)Oc1cc(Cl)ccc1Cl. The van der Waals surface area contributed by atoms with E-state index in [1.807, 2.05) is 13.8 Å². The Kier molecular flexibility index (Phi) is 6.05. The standard InChI is InChI=1S/C15H18Cl2O4/c1-9(2)8-20-13(18)15(3,4)14(19)21-12-7-10(16)5-6-11(12)17/h5-7,9H,8H2,1-4H3. The summed E-state index contributed by atoms with van der Waals surface area (Å²) in [4.78, 5) is 24.1. The zero-order chi connectivity index (χ0) is 16.2. The Morgan fingerprint density at radius 1 is 1.19 bits per heavy atom. The number of ether oxygens (including phenoxy) is 2. The molecule has 0 fully saturated rings. The van der Waals surface area contributed by atoms with E-state index in [1.54, 1.807) is 6.07 Å². The van der Waals surface area contributed by atoms with Gasteiger partial charge in [0.2, 0.25) is 0 Å². The molecule has 0 N–H and O–H groups in total. The van der Waals surface area contributed by atoms with Crippen LogP contribution < -0.4 is 4.74 Å². The first-order valence-electron chi connectivity index (χ1n) is 6.49. The number of carbonyl (C=O) groups is 2. The van der Waals surface area contributed by atoms with Crippen LogP contribution in [0.3, 0.4) is 0 Å². The molecule has 4 nitrogen and oxygen atoms in total. The number of esters is 2. The fourth-order valence-electron chi connectivity index (χ4n) is 1.29. The van der Waals surface area contributed by atoms with Crippen molar-refractivity contribution in [1.82, 2.24) is 0 Å². The zero-order valence-electron chi connectivity index (χ0n) is 12.4. The maximum absolute atomic E-state index is 12.2. The summed E-state index contributed by atoms with van der Waals surface area (Å²) >= 11 is 11.7. The highest BCUT2D eigenvalue weighted by atomic mass is 35.5. The highest BCUT2D eigenvalue weighted by molar-refractivity contribution is 6.34. The maximum Gasteiger partial charge on any atom is 0.328 e. The maximum atomic E-state index is 12.2. The van der Waals surface area contributed by atoms with Gasteiger partial charge in [-0.05, 0) is 31.9 Å². The van der Waals surface area contributed by atoms with Crippen LogP contribution in [0, 0.1) is 11.3 Å². The molecule has 0 atom stereocenters. The van der Waals surface area contributed by atoms with E-state index >= 15 is 0 Å². The lowest BCUT2D eigenvalue weighted by Gasteiger charge is -2.21. The van der Waals surface area contributed by atoms with Gasteiger partial charge < -0.3 is 9.47 Å². The first-order chi connectivity index (χ1) is 9.64. The quantitative estimate of drug-likeness (QED) is 0.462. The van der Waals surface area contributed by atoms with Crippen molar-refractivity contribution < 1.29 is 19.1 Å². The van der Waals surface area contributed by atoms with Crippen LogP contribution in [0.2, 0.25) is 10.0 Å². The smallest absolute Gasteiger partial charge is 0.328 e. The van der Waals surface area contributed by atoms with Crippen molar-refractivity contribution in [2.45, 2.75) is 27.7 Å². The third-order valence-corrected chi connectivity index (χ3v) is 3.21. The molecule has 0 aromatic heterocycles. The second kappa shape index (κ2) is 7.14. The van der Waals surface area contributed by atoms with E-state index in [-0.39, 0.29) is 23.3 Å². The molecular weight excluding hydrogens is 315 g/mol. The summed E-state index contributed by atoms with van der Waals surface area (Å²) in [5.41, 5.74) is -1.43. The Morgan fingerprint density at radius 2 is 1.81 bits per heavy atom. The van der Waals surface area contributed by atoms with Gasteiger partial charge in [0.1, 0.15) is 0 Å². The summed E-state index contributed by atoms with van der Waals surface area (Å²) in [5.74, 6) is -1.10. The van der Waals surface area contributed by atoms with Crippen molar-refractivity contribution in [1.29, 1.82) is 0 Å². The van der Waals surface area contributed by atoms with Crippen molar-refractivity contribution in [2.75, 3.05) is 6.61 Å². The summed E-state index contributed by atoms with van der Waals surface area (Å²) in [6.07, 6.45) is 0. The van der Waals surface area contributed by atoms with E-state index in [4.69, 9.17) is 32.7 Å². The van der Waals surface area contributed by atoms with Gasteiger partial charge in [-0.2, -0.15) is 0 Å². The Hall–Kier alpha value is -1.26. The van der Waals surface area contributed by atoms with Gasteiger partial charge in [0.05, 0.1) is 11.6 Å². The van der Waals surface area contributed by atoms with Crippen LogP contribution in [0.15, 0.2) is 18.2 Å². The molecular formula is C15H18Cl2O4. The van der Waals surface area contributed by atoms with Gasteiger partial charge >= 0.3 is 11.9 Å². The van der Waals surface area contributed by atoms with Gasteiger partial charge in [0, 0.05) is 11.1 Å². The predicted octanol–water partition coefficient (Wildman–Crippen LogP) is 4.12. The molecule has 0 aliphatic rings. The van der Waals surface area contributed by atoms with Gasteiger partial charge in [0.15, 0.2) is 11.2 Å². The summed E-state index contributed by atoms with van der Waals surface area (Å²) < 4.78 is 10.2. The van der Waals surface area contributed by atoms with Crippen LogP contribution in [0.1, 0.15) is 27.7 Å². The Balaban J connectivity index is 2.81. The number of carbonyl (C=O) groups excluding carboxylic acids is 2. The molecule has 1 rings (SSSR count). The van der Waals surface area contributed by atoms with Gasteiger partial charge in [-0.15, -0.1) is 0 Å². The molecule has 0 saturated carbocycles. The summed E-state index contributed by atoms with van der Waals surface area (Å²) in [5, 5.41) is 0.612. The lowest BCUT2D eigenvalue weighted by molar-refractivity contribution is -0.165. The Morgan fingerprint density at radius 3 is 2.38 bits per heavy atom. The minimum Gasteiger partial charge on any atom is -0.465 e. The van der Waals surface area contributed by atoms with Gasteiger partial charge in [0.25, 0.3) is 0 Å². The average molecular weight is 333 g/mol. The number of halogens is 2. The minimum atomic E-state index is -1.43. The molecule has 0 saturated heterocycles. The molecule has 0 aliphatic heterocycles. The van der Waals surface area contributed by atoms with Crippen molar-refractivity contribution in [3.63, 3.8) is 0 Å². The van der Waals surface area contributed by atoms with Gasteiger partial charge in [-0.25, -0.2) is 0 Å². The molecule has 0 aliphatic carbocycles. The fourth-order valence-corrected chi connectivity index (χ4v) is 1.61. The second-order valence-electron chi connectivity index (χ2n) is 5.58. The van der Waals surface area contributed by atoms with E-state index in [1.165, 1.54) is 26.0 Å². The molecule has 0 heterocycles. The van der Waals surface area contributed by atoms with Crippen LogP contribution in [-0.2, 0) is 14.3 Å². The van der Waals surface area contributed by atoms with Crippen LogP contribution in [0.25, 0.3) is 0 Å². The van der Waals surface area contributed by atoms with Gasteiger partial charge in [-0.3, -0.25) is 9.59 Å². The average Bonchev–Trinajstić information content (AvgIpc) is 2.39. The second-order valence-corrected chi connectivity index (χ2v) is 6.43. The molecule has 6 heteroatoms. The van der Waals surface area contributed by atoms with Crippen molar-refractivity contribution in [3.8, 4) is 5.75 Å². The van der Waals surface area contributed by atoms with Crippen molar-refractivity contribution in [2.24, 2.45) is 11.3 Å². The third-order valence-electron chi connectivity index (χ3n) is 2.66. The third kappa shape index (κ3) is 4.90. The molecule has 1 aromatic rings. The molecule has 0 bridgehead atoms. The summed E-state index contributed by atoms with van der Waals surface area (Å²) in [6.45, 7) is 6.94. The molecule has 1 aromatic carbocycles. The molecule has 116 valence electrons. The van der Waals surface area contributed by atoms with Crippen molar-refractivity contribution >= 4 is 35.1 Å². The molecule has 21 heavy (non-hydrogen) atoms. The topological polar surface area (TPSA) is 52.6 Å². The lowest BCUT2D eigenvalue weighted by Crippen LogP contribution is -2.38. The molecule has 0 unspecified atom stereocenters. The number of hydrogen-bond donors (Lipinski definition) is 0. The van der Waals surface area contributed by atoms with Crippen LogP contribution in [0.5, 0.6) is 5.75 Å². The highest BCUT2D eigenvalue weighted by Gasteiger charge is 2.40. The normalized spacial score (nSPS) is 11.4. The first-order valence-corrected chi connectivity index (χ1v) is 7.24. The van der Waals surface area contributed by atoms with Crippen LogP contribution >= 0.6 is 23.2 Å². The lowest BCUT2D eigenvalue weighted by atomic mass is 9.94. The van der Waals surface area contributed by atoms with Crippen LogP contribution in [0.4, 0.5) is 0 Å². The summed E-state index contributed by atoms with van der Waals surface area (Å²) in [6, 6.07) is 4.50. The summed E-state index contributed by atoms with van der Waals surface area (Å²) in [7, 11) is 0. The zero-order valence-corrected chi connectivity index (χ0v) is 13.9. The number of rotatable bonds is 5. The van der Waals surface area contributed by atoms with E-state index in [9.17, 15) is 9.59 Å². The fraction of sp³-hybridized carbons (Fsp3) is 0.467. The van der Waals surface area contributed by atoms with Crippen LogP contribution in [-0.4, -0.2) is 18.5 Å². The van der Waals surface area contributed by atoms with Gasteiger partial charge in [-0.1, -0.05) is 37.0 Å². The van der Waals surface area contributed by atoms with E-state index in [2.05, 4.69) is 0 Å². The first kappa shape index (κ1) is 17.8. The molecule has 0 radical (unpaired) electrons. The largest absolute Gasteiger partial charge is 0.465 e. The highest BCUT2D eigenvalue weighted by Crippen LogP contribution is 2.30. The molecule has 0 amide bonds. The molecule has 0 spiro atoms. The van der Waals surface area contributed by atoms with E-state index < -0.39 is 17.4 Å². The predicted molar refractivity (Wildman–Crippen MR) is 81.7 cm³/mol. The Bertz CT molecular complexity index is 538. The minimum absolute atomic E-state index is 0.110. The number of benzene rings is 1. The van der Waals surface area contributed by atoms with E-state index in [0.717, 1.165) is 0 Å². The monoisotopic (exact) mass is 332 g/mol.